The van der Waals surface area contributed by atoms with E-state index >= 15 is 0 Å². The minimum Gasteiger partial charge on any atom is -0.496 e. The van der Waals surface area contributed by atoms with E-state index in [4.69, 9.17) is 14.5 Å². The van der Waals surface area contributed by atoms with Crippen LogP contribution >= 0.6 is 0 Å². The molecule has 1 atom stereocenters. The van der Waals surface area contributed by atoms with Crippen LogP contribution in [-0.4, -0.2) is 45.7 Å². The molecule has 0 aliphatic carbocycles. The van der Waals surface area contributed by atoms with Crippen molar-refractivity contribution in [2.24, 2.45) is 0 Å². The van der Waals surface area contributed by atoms with Gasteiger partial charge in [0, 0.05) is 23.9 Å². The Balaban J connectivity index is 1.55. The summed E-state index contributed by atoms with van der Waals surface area (Å²) in [5.41, 5.74) is 2.67. The van der Waals surface area contributed by atoms with Gasteiger partial charge in [0.25, 0.3) is 0 Å². The van der Waals surface area contributed by atoms with Crippen LogP contribution in [0.4, 0.5) is 11.5 Å². The second kappa shape index (κ2) is 7.79. The Morgan fingerprint density at radius 1 is 1.17 bits per heavy atom. The third-order valence-electron chi connectivity index (χ3n) is 4.84. The lowest BCUT2D eigenvalue weighted by atomic mass is 10.1. The van der Waals surface area contributed by atoms with Gasteiger partial charge in [-0.15, -0.1) is 0 Å². The summed E-state index contributed by atoms with van der Waals surface area (Å²) in [6.45, 7) is 0.858. The molecule has 152 valence electrons. The highest BCUT2D eigenvalue weighted by Gasteiger charge is 2.28. The molecule has 3 aromatic rings. The van der Waals surface area contributed by atoms with E-state index in [0.717, 1.165) is 39.5 Å². The molecule has 29 heavy (non-hydrogen) atoms. The van der Waals surface area contributed by atoms with Crippen molar-refractivity contribution in [1.29, 1.82) is 0 Å². The van der Waals surface area contributed by atoms with Crippen molar-refractivity contribution in [3.8, 4) is 11.5 Å². The van der Waals surface area contributed by atoms with E-state index in [2.05, 4.69) is 10.6 Å². The molecule has 2 aromatic carbocycles. The van der Waals surface area contributed by atoms with Crippen molar-refractivity contribution in [2.45, 2.75) is 6.04 Å². The topological polar surface area (TPSA) is 89.6 Å². The van der Waals surface area contributed by atoms with Crippen LogP contribution in [0.1, 0.15) is 11.6 Å². The Labute approximate surface area is 170 Å². The van der Waals surface area contributed by atoms with Gasteiger partial charge in [0.2, 0.25) is 0 Å². The normalized spacial score (nSPS) is 15.6. The number of fused-ring (bicyclic) bond motifs is 2. The first-order valence-electron chi connectivity index (χ1n) is 9.32. The maximum absolute atomic E-state index is 11.3. The molecule has 1 aliphatic rings. The molecule has 2 N–H and O–H groups in total. The average molecular weight is 413 g/mol. The molecule has 0 amide bonds. The van der Waals surface area contributed by atoms with Crippen LogP contribution in [0.5, 0.6) is 11.5 Å². The lowest BCUT2D eigenvalue weighted by molar-refractivity contribution is 0.339. The Bertz CT molecular complexity index is 1150. The molecule has 0 fully saturated rings. The number of hydrogen-bond acceptors (Lipinski definition) is 7. The van der Waals surface area contributed by atoms with Gasteiger partial charge in [-0.2, -0.15) is 0 Å². The third kappa shape index (κ3) is 4.22. The van der Waals surface area contributed by atoms with Crippen molar-refractivity contribution in [3.63, 3.8) is 0 Å². The van der Waals surface area contributed by atoms with Crippen LogP contribution in [0.15, 0.2) is 48.5 Å². The van der Waals surface area contributed by atoms with Crippen molar-refractivity contribution >= 4 is 32.2 Å². The van der Waals surface area contributed by atoms with Gasteiger partial charge in [-0.3, -0.25) is 0 Å². The monoisotopic (exact) mass is 413 g/mol. The molecule has 0 spiro atoms. The Hall–Kier alpha value is -3.00. The fourth-order valence-corrected chi connectivity index (χ4v) is 3.95. The summed E-state index contributed by atoms with van der Waals surface area (Å²) in [5.74, 6) is 2.42. The van der Waals surface area contributed by atoms with Crippen molar-refractivity contribution in [3.05, 3.63) is 54.1 Å². The van der Waals surface area contributed by atoms with E-state index in [1.165, 1.54) is 6.26 Å². The SMILES string of the molecule is COc1cccc2c1[C@@H](Nc1ccc3c(NCCS(C)(=O)=O)cccc3n1)CO2. The van der Waals surface area contributed by atoms with Gasteiger partial charge in [-0.1, -0.05) is 12.1 Å². The van der Waals surface area contributed by atoms with E-state index in [1.54, 1.807) is 7.11 Å². The van der Waals surface area contributed by atoms with Crippen LogP contribution in [-0.2, 0) is 9.84 Å². The van der Waals surface area contributed by atoms with Gasteiger partial charge in [0.1, 0.15) is 33.8 Å². The van der Waals surface area contributed by atoms with E-state index < -0.39 is 9.84 Å². The summed E-state index contributed by atoms with van der Waals surface area (Å²) >= 11 is 0. The number of nitrogens with zero attached hydrogens (tertiary/aromatic N) is 1. The molecule has 0 saturated heterocycles. The summed E-state index contributed by atoms with van der Waals surface area (Å²) < 4.78 is 34.0. The van der Waals surface area contributed by atoms with Gasteiger partial charge in [-0.25, -0.2) is 13.4 Å². The number of anilines is 2. The largest absolute Gasteiger partial charge is 0.496 e. The maximum atomic E-state index is 11.3. The van der Waals surface area contributed by atoms with Crippen molar-refractivity contribution in [2.75, 3.05) is 42.9 Å². The predicted molar refractivity (Wildman–Crippen MR) is 115 cm³/mol. The number of hydrogen-bond donors (Lipinski definition) is 2. The zero-order valence-electron chi connectivity index (χ0n) is 16.3. The minimum atomic E-state index is -3.01. The Morgan fingerprint density at radius 3 is 2.79 bits per heavy atom. The highest BCUT2D eigenvalue weighted by atomic mass is 32.2. The molecular weight excluding hydrogens is 390 g/mol. The summed E-state index contributed by atoms with van der Waals surface area (Å²) in [7, 11) is -1.36. The van der Waals surface area contributed by atoms with Crippen LogP contribution < -0.4 is 20.1 Å². The first-order valence-corrected chi connectivity index (χ1v) is 11.4. The number of nitrogens with one attached hydrogen (secondary N) is 2. The molecule has 0 bridgehead atoms. The molecule has 4 rings (SSSR count). The molecule has 0 unspecified atom stereocenters. The molecule has 1 aromatic heterocycles. The van der Waals surface area contributed by atoms with Crippen molar-refractivity contribution in [1.82, 2.24) is 4.98 Å². The number of aromatic nitrogens is 1. The molecule has 0 saturated carbocycles. The Kier molecular flexibility index (Phi) is 5.19. The summed E-state index contributed by atoms with van der Waals surface area (Å²) in [6.07, 6.45) is 1.23. The quantitative estimate of drug-likeness (QED) is 0.615. The highest BCUT2D eigenvalue weighted by Crippen LogP contribution is 2.40. The number of rotatable bonds is 7. The van der Waals surface area contributed by atoms with Gasteiger partial charge >= 0.3 is 0 Å². The fraction of sp³-hybridized carbons (Fsp3) is 0.286. The van der Waals surface area contributed by atoms with E-state index in [-0.39, 0.29) is 11.8 Å². The van der Waals surface area contributed by atoms with Crippen molar-refractivity contribution < 1.29 is 17.9 Å². The van der Waals surface area contributed by atoms with Crippen LogP contribution in [0, 0.1) is 0 Å². The number of pyridine rings is 1. The van der Waals surface area contributed by atoms with E-state index in [9.17, 15) is 8.42 Å². The number of methoxy groups -OCH3 is 1. The standard InChI is InChI=1S/C21H23N3O4S/c1-27-18-7-4-8-19-21(18)17(13-28-19)24-20-10-9-14-15(5-3-6-16(14)23-20)22-11-12-29(2,25)26/h3-10,17,22H,11-13H2,1-2H3,(H,23,24)/t17-/m0/s1. The predicted octanol–water partition coefficient (Wildman–Crippen LogP) is 3.25. The van der Waals surface area contributed by atoms with Gasteiger partial charge < -0.3 is 20.1 Å². The van der Waals surface area contributed by atoms with Crippen LogP contribution in [0.25, 0.3) is 10.9 Å². The van der Waals surface area contributed by atoms with E-state index in [0.29, 0.717) is 13.2 Å². The lowest BCUT2D eigenvalue weighted by Crippen LogP contribution is -2.14. The molecule has 1 aliphatic heterocycles. The summed E-state index contributed by atoms with van der Waals surface area (Å²) in [4.78, 5) is 4.72. The van der Waals surface area contributed by atoms with Gasteiger partial charge in [0.15, 0.2) is 0 Å². The second-order valence-electron chi connectivity index (χ2n) is 7.01. The second-order valence-corrected chi connectivity index (χ2v) is 9.27. The summed E-state index contributed by atoms with van der Waals surface area (Å²) in [5, 5.41) is 7.56. The average Bonchev–Trinajstić information content (AvgIpc) is 3.10. The van der Waals surface area contributed by atoms with Gasteiger partial charge in [0.05, 0.1) is 30.0 Å². The number of benzene rings is 2. The summed E-state index contributed by atoms with van der Waals surface area (Å²) in [6, 6.07) is 15.4. The zero-order valence-corrected chi connectivity index (χ0v) is 17.1. The molecule has 7 nitrogen and oxygen atoms in total. The lowest BCUT2D eigenvalue weighted by Gasteiger charge is -2.16. The molecule has 8 heteroatoms. The van der Waals surface area contributed by atoms with Crippen LogP contribution in [0.2, 0.25) is 0 Å². The van der Waals surface area contributed by atoms with Crippen LogP contribution in [0.3, 0.4) is 0 Å². The fourth-order valence-electron chi connectivity index (χ4n) is 3.48. The number of sulfone groups is 1. The van der Waals surface area contributed by atoms with E-state index in [1.807, 2.05) is 48.5 Å². The molecule has 0 radical (unpaired) electrons. The zero-order chi connectivity index (χ0) is 20.4. The first kappa shape index (κ1) is 19.3. The third-order valence-corrected chi connectivity index (χ3v) is 5.79. The minimum absolute atomic E-state index is 0.0535. The maximum Gasteiger partial charge on any atom is 0.149 e. The highest BCUT2D eigenvalue weighted by molar-refractivity contribution is 7.90. The number of ether oxygens (including phenoxy) is 2. The Morgan fingerprint density at radius 2 is 2.00 bits per heavy atom. The molecular formula is C21H23N3O4S. The van der Waals surface area contributed by atoms with Gasteiger partial charge in [-0.05, 0) is 36.4 Å². The first-order chi connectivity index (χ1) is 13.9. The molecule has 2 heterocycles. The smallest absolute Gasteiger partial charge is 0.149 e.